The Balaban J connectivity index is 2.31. The number of hydrogen-bond donors (Lipinski definition) is 0. The molecule has 0 unspecified atom stereocenters. The van der Waals surface area contributed by atoms with E-state index < -0.39 is 24.1 Å². The molecule has 6 heteroatoms. The number of ether oxygens (including phenoxy) is 1. The molecule has 0 aromatic heterocycles. The molecule has 0 radical (unpaired) electrons. The largest absolute Gasteiger partial charge is 0.495 e. The smallest absolute Gasteiger partial charge is 0.466 e. The molecule has 0 aliphatic carbocycles. The quantitative estimate of drug-likeness (QED) is 0.632. The first-order valence-electron chi connectivity index (χ1n) is 7.46. The van der Waals surface area contributed by atoms with Crippen molar-refractivity contribution in [2.45, 2.75) is 52.2 Å². The van der Waals surface area contributed by atoms with Crippen LogP contribution in [0.3, 0.4) is 0 Å². The molecule has 1 aliphatic rings. The van der Waals surface area contributed by atoms with Gasteiger partial charge in [-0.2, -0.15) is 0 Å². The lowest BCUT2D eigenvalue weighted by molar-refractivity contribution is -0.142. The molecule has 0 spiro atoms. The summed E-state index contributed by atoms with van der Waals surface area (Å²) >= 11 is 0. The number of rotatable bonds is 4. The number of carbonyl (C=O) groups is 1. The van der Waals surface area contributed by atoms with Crippen molar-refractivity contribution in [2.24, 2.45) is 0 Å². The Morgan fingerprint density at radius 1 is 1.23 bits per heavy atom. The fourth-order valence-corrected chi connectivity index (χ4v) is 2.28. The van der Waals surface area contributed by atoms with E-state index >= 15 is 0 Å². The van der Waals surface area contributed by atoms with Crippen molar-refractivity contribution in [1.82, 2.24) is 0 Å². The number of esters is 1. The Morgan fingerprint density at radius 3 is 2.36 bits per heavy atom. The van der Waals surface area contributed by atoms with E-state index in [0.717, 1.165) is 0 Å². The molecule has 0 atom stereocenters. The average molecular weight is 308 g/mol. The summed E-state index contributed by atoms with van der Waals surface area (Å²) in [6.45, 7) is 9.77. The van der Waals surface area contributed by atoms with Crippen molar-refractivity contribution in [2.75, 3.05) is 6.61 Å². The molecule has 1 saturated heterocycles. The maximum atomic E-state index is 13.6. The van der Waals surface area contributed by atoms with Gasteiger partial charge in [0, 0.05) is 0 Å². The van der Waals surface area contributed by atoms with Crippen LogP contribution in [-0.2, 0) is 25.3 Å². The SMILES string of the molecule is CCOC(=O)Cc1ccc(F)cc1B1OC(C)(C)C(C)(C)O1. The molecular formula is C16H22BFO4. The van der Waals surface area contributed by atoms with Crippen LogP contribution in [0.2, 0.25) is 0 Å². The highest BCUT2D eigenvalue weighted by atomic mass is 19.1. The van der Waals surface area contributed by atoms with Gasteiger partial charge in [0.05, 0.1) is 24.2 Å². The predicted molar refractivity (Wildman–Crippen MR) is 82.5 cm³/mol. The van der Waals surface area contributed by atoms with Gasteiger partial charge >= 0.3 is 13.1 Å². The summed E-state index contributed by atoms with van der Waals surface area (Å²) in [7, 11) is -0.704. The maximum Gasteiger partial charge on any atom is 0.495 e. The molecule has 1 aliphatic heterocycles. The summed E-state index contributed by atoms with van der Waals surface area (Å²) < 4.78 is 30.5. The number of hydrogen-bond acceptors (Lipinski definition) is 4. The lowest BCUT2D eigenvalue weighted by Crippen LogP contribution is -2.41. The van der Waals surface area contributed by atoms with Gasteiger partial charge in [0.2, 0.25) is 0 Å². The average Bonchev–Trinajstić information content (AvgIpc) is 2.61. The first-order chi connectivity index (χ1) is 10.2. The van der Waals surface area contributed by atoms with Gasteiger partial charge in [-0.15, -0.1) is 0 Å². The van der Waals surface area contributed by atoms with Crippen LogP contribution in [0.25, 0.3) is 0 Å². The molecular weight excluding hydrogens is 286 g/mol. The van der Waals surface area contributed by atoms with Crippen LogP contribution in [0.15, 0.2) is 18.2 Å². The van der Waals surface area contributed by atoms with E-state index in [1.807, 2.05) is 27.7 Å². The molecule has 0 amide bonds. The van der Waals surface area contributed by atoms with Gasteiger partial charge in [-0.1, -0.05) is 6.07 Å². The Labute approximate surface area is 131 Å². The molecule has 1 heterocycles. The first kappa shape index (κ1) is 17.0. The second-order valence-electron chi connectivity index (χ2n) is 6.41. The van der Waals surface area contributed by atoms with Crippen LogP contribution in [0.4, 0.5) is 4.39 Å². The van der Waals surface area contributed by atoms with Gasteiger partial charge in [-0.25, -0.2) is 4.39 Å². The third kappa shape index (κ3) is 3.33. The first-order valence-corrected chi connectivity index (χ1v) is 7.46. The van der Waals surface area contributed by atoms with Crippen LogP contribution in [0.1, 0.15) is 40.2 Å². The van der Waals surface area contributed by atoms with E-state index in [-0.39, 0.29) is 12.4 Å². The number of benzene rings is 1. The number of halogens is 1. The van der Waals surface area contributed by atoms with Crippen LogP contribution >= 0.6 is 0 Å². The van der Waals surface area contributed by atoms with Crippen molar-refractivity contribution >= 4 is 18.6 Å². The summed E-state index contributed by atoms with van der Waals surface area (Å²) in [6.07, 6.45) is 0.0630. The van der Waals surface area contributed by atoms with Gasteiger partial charge in [-0.3, -0.25) is 4.79 Å². The molecule has 4 nitrogen and oxygen atoms in total. The molecule has 2 rings (SSSR count). The third-order valence-corrected chi connectivity index (χ3v) is 4.26. The van der Waals surface area contributed by atoms with Crippen LogP contribution < -0.4 is 5.46 Å². The zero-order chi connectivity index (χ0) is 16.5. The second kappa shape index (κ2) is 6.01. The number of carbonyl (C=O) groups excluding carboxylic acids is 1. The van der Waals surface area contributed by atoms with Crippen molar-refractivity contribution in [3.05, 3.63) is 29.6 Å². The van der Waals surface area contributed by atoms with Gasteiger partial charge in [0.1, 0.15) is 5.82 Å². The lowest BCUT2D eigenvalue weighted by Gasteiger charge is -2.32. The molecule has 22 heavy (non-hydrogen) atoms. The lowest BCUT2D eigenvalue weighted by atomic mass is 9.75. The molecule has 1 aromatic carbocycles. The molecule has 0 saturated carbocycles. The van der Waals surface area contributed by atoms with E-state index in [2.05, 4.69) is 0 Å². The molecule has 1 fully saturated rings. The van der Waals surface area contributed by atoms with E-state index in [1.54, 1.807) is 13.0 Å². The van der Waals surface area contributed by atoms with E-state index in [9.17, 15) is 9.18 Å². The van der Waals surface area contributed by atoms with Crippen molar-refractivity contribution < 1.29 is 23.2 Å². The zero-order valence-corrected chi connectivity index (χ0v) is 13.7. The molecule has 1 aromatic rings. The topological polar surface area (TPSA) is 44.8 Å². The fraction of sp³-hybridized carbons (Fsp3) is 0.562. The highest BCUT2D eigenvalue weighted by molar-refractivity contribution is 6.62. The Bertz CT molecular complexity index is 555. The molecule has 0 bridgehead atoms. The van der Waals surface area contributed by atoms with Gasteiger partial charge < -0.3 is 14.0 Å². The second-order valence-corrected chi connectivity index (χ2v) is 6.41. The standard InChI is InChI=1S/C16H22BFO4/c1-6-20-14(19)9-11-7-8-12(18)10-13(11)17-21-15(2,3)16(4,5)22-17/h7-8,10H,6,9H2,1-5H3. The minimum atomic E-state index is -0.704. The fourth-order valence-electron chi connectivity index (χ4n) is 2.28. The minimum absolute atomic E-state index is 0.0630. The maximum absolute atomic E-state index is 13.6. The highest BCUT2D eigenvalue weighted by Crippen LogP contribution is 2.36. The van der Waals surface area contributed by atoms with Crippen molar-refractivity contribution in [1.29, 1.82) is 0 Å². The minimum Gasteiger partial charge on any atom is -0.466 e. The zero-order valence-electron chi connectivity index (χ0n) is 13.7. The van der Waals surface area contributed by atoms with Gasteiger partial charge in [-0.05, 0) is 57.8 Å². The van der Waals surface area contributed by atoms with Crippen LogP contribution in [0.5, 0.6) is 0 Å². The van der Waals surface area contributed by atoms with Crippen molar-refractivity contribution in [3.63, 3.8) is 0 Å². The summed E-state index contributed by atoms with van der Waals surface area (Å²) in [5.41, 5.74) is 0.140. The third-order valence-electron chi connectivity index (χ3n) is 4.26. The normalized spacial score (nSPS) is 19.3. The Kier molecular flexibility index (Phi) is 4.63. The molecule has 120 valence electrons. The Morgan fingerprint density at radius 2 is 1.82 bits per heavy atom. The van der Waals surface area contributed by atoms with Gasteiger partial charge in [0.25, 0.3) is 0 Å². The highest BCUT2D eigenvalue weighted by Gasteiger charge is 2.52. The summed E-state index contributed by atoms with van der Waals surface area (Å²) in [5.74, 6) is -0.746. The monoisotopic (exact) mass is 308 g/mol. The van der Waals surface area contributed by atoms with E-state index in [4.69, 9.17) is 14.0 Å². The molecule has 0 N–H and O–H groups in total. The van der Waals surface area contributed by atoms with Crippen LogP contribution in [-0.4, -0.2) is 30.9 Å². The summed E-state index contributed by atoms with van der Waals surface area (Å²) in [5, 5.41) is 0. The van der Waals surface area contributed by atoms with Crippen molar-refractivity contribution in [3.8, 4) is 0 Å². The summed E-state index contributed by atoms with van der Waals surface area (Å²) in [6, 6.07) is 4.26. The van der Waals surface area contributed by atoms with E-state index in [1.165, 1.54) is 12.1 Å². The predicted octanol–water partition coefficient (Wildman–Crippen LogP) is 2.23. The van der Waals surface area contributed by atoms with E-state index in [0.29, 0.717) is 17.6 Å². The van der Waals surface area contributed by atoms with Crippen LogP contribution in [0, 0.1) is 5.82 Å². The Hall–Kier alpha value is -1.40. The van der Waals surface area contributed by atoms with Gasteiger partial charge in [0.15, 0.2) is 0 Å². The summed E-state index contributed by atoms with van der Waals surface area (Å²) in [4.78, 5) is 11.7.